The minimum absolute atomic E-state index is 0.0726. The molecule has 0 fully saturated rings. The largest absolute Gasteiger partial charge is 0.481 e. The number of hydrogen-bond donors (Lipinski definition) is 13. The second kappa shape index (κ2) is 20.2. The van der Waals surface area contributed by atoms with Crippen molar-refractivity contribution in [3.8, 4) is 0 Å². The van der Waals surface area contributed by atoms with Crippen LogP contribution < -0.4 is 38.1 Å². The number of nitrogens with one attached hydrogen (secondary N) is 6. The average Bonchev–Trinajstić information content (AvgIpc) is 3.47. The molecule has 6 amide bonds. The molecule has 298 valence electrons. The first kappa shape index (κ1) is 44.1. The van der Waals surface area contributed by atoms with Crippen LogP contribution in [0.1, 0.15) is 37.7 Å². The minimum atomic E-state index is -2.21. The van der Waals surface area contributed by atoms with Gasteiger partial charge in [0.25, 0.3) is 0 Å². The number of rotatable bonds is 23. The quantitative estimate of drug-likeness (QED) is 0.0504. The standard InChI is InChI=1S/C31H38N8O16/c32-14(5-12-11-34-15-4-2-1-3-13(12)15)26(49)35-16(7-22(41)42)27(50)36-17(8-23(43)44)28(51)37-18(9-24(45)46)29(52)38-19(10-25(47)48)30(53)39-20(31(54)55)6-21(33)40/h1-4,11,14,16-20,34H,5-10,32H2,(H2,33,40)(H,35,49)(H,36,50)(H,37,51)(H,38,52)(H,39,53)(H,41,42)(H,43,44)(H,45,46)(H,47,48)(H,54,55)/t14-,16-,17-,18-,19-,20-/m0/s1. The Hall–Kier alpha value is -7.11. The van der Waals surface area contributed by atoms with Gasteiger partial charge >= 0.3 is 29.8 Å². The lowest BCUT2D eigenvalue weighted by atomic mass is 10.0. The van der Waals surface area contributed by atoms with Crippen LogP contribution >= 0.6 is 0 Å². The fraction of sp³-hybridized carbons (Fsp3) is 0.387. The second-order valence-electron chi connectivity index (χ2n) is 11.9. The number of amides is 6. The van der Waals surface area contributed by atoms with Gasteiger partial charge in [-0.2, -0.15) is 0 Å². The van der Waals surface area contributed by atoms with Crippen LogP contribution in [0.2, 0.25) is 0 Å². The van der Waals surface area contributed by atoms with Gasteiger partial charge in [-0.25, -0.2) is 4.79 Å². The highest BCUT2D eigenvalue weighted by molar-refractivity contribution is 6.00. The monoisotopic (exact) mass is 778 g/mol. The van der Waals surface area contributed by atoms with Crippen LogP contribution in [-0.2, 0) is 59.2 Å². The lowest BCUT2D eigenvalue weighted by Crippen LogP contribution is -2.60. The van der Waals surface area contributed by atoms with E-state index in [1.165, 1.54) is 0 Å². The van der Waals surface area contributed by atoms with E-state index >= 15 is 0 Å². The molecule has 24 heteroatoms. The van der Waals surface area contributed by atoms with Crippen LogP contribution in [0.15, 0.2) is 30.5 Å². The van der Waals surface area contributed by atoms with Gasteiger partial charge in [-0.1, -0.05) is 18.2 Å². The molecule has 0 aliphatic rings. The lowest BCUT2D eigenvalue weighted by Gasteiger charge is -2.25. The normalized spacial score (nSPS) is 14.1. The molecule has 0 radical (unpaired) electrons. The van der Waals surface area contributed by atoms with Crippen molar-refractivity contribution in [2.24, 2.45) is 11.5 Å². The van der Waals surface area contributed by atoms with E-state index in [0.717, 1.165) is 10.9 Å². The number of carboxylic acid groups (broad SMARTS) is 5. The van der Waals surface area contributed by atoms with Gasteiger partial charge in [0.2, 0.25) is 35.4 Å². The van der Waals surface area contributed by atoms with Crippen LogP contribution in [0.25, 0.3) is 10.9 Å². The van der Waals surface area contributed by atoms with Gasteiger partial charge in [0, 0.05) is 17.1 Å². The van der Waals surface area contributed by atoms with Crippen molar-refractivity contribution in [2.45, 2.75) is 74.8 Å². The first-order chi connectivity index (χ1) is 25.7. The fourth-order valence-electron chi connectivity index (χ4n) is 4.93. The second-order valence-corrected chi connectivity index (χ2v) is 11.9. The summed E-state index contributed by atoms with van der Waals surface area (Å²) in [5.74, 6) is -16.8. The predicted molar refractivity (Wildman–Crippen MR) is 180 cm³/mol. The zero-order valence-electron chi connectivity index (χ0n) is 28.5. The highest BCUT2D eigenvalue weighted by atomic mass is 16.4. The molecule has 6 atom stereocenters. The first-order valence-electron chi connectivity index (χ1n) is 15.9. The molecule has 55 heavy (non-hydrogen) atoms. The van der Waals surface area contributed by atoms with Gasteiger partial charge in [-0.15, -0.1) is 0 Å². The van der Waals surface area contributed by atoms with Gasteiger partial charge in [0.05, 0.1) is 38.1 Å². The van der Waals surface area contributed by atoms with Crippen LogP contribution in [-0.4, -0.2) is 132 Å². The number of para-hydroxylation sites is 1. The molecule has 1 heterocycles. The molecular weight excluding hydrogens is 740 g/mol. The number of fused-ring (bicyclic) bond motifs is 1. The van der Waals surface area contributed by atoms with Crippen LogP contribution in [0, 0.1) is 0 Å². The van der Waals surface area contributed by atoms with E-state index in [1.54, 1.807) is 35.8 Å². The fourth-order valence-corrected chi connectivity index (χ4v) is 4.93. The third kappa shape index (κ3) is 14.4. The number of aromatic amines is 1. The zero-order valence-corrected chi connectivity index (χ0v) is 28.5. The molecular formula is C31H38N8O16. The molecule has 15 N–H and O–H groups in total. The summed E-state index contributed by atoms with van der Waals surface area (Å²) in [6.07, 6.45) is -4.26. The number of primary amides is 1. The van der Waals surface area contributed by atoms with E-state index in [9.17, 15) is 78.3 Å². The van der Waals surface area contributed by atoms with E-state index in [1.807, 2.05) is 16.0 Å². The number of carboxylic acids is 5. The van der Waals surface area contributed by atoms with Crippen molar-refractivity contribution in [1.29, 1.82) is 0 Å². The van der Waals surface area contributed by atoms with Gasteiger partial charge in [0.15, 0.2) is 0 Å². The molecule has 0 aliphatic carbocycles. The number of aromatic nitrogens is 1. The van der Waals surface area contributed by atoms with E-state index in [4.69, 9.17) is 11.5 Å². The Morgan fingerprint density at radius 1 is 0.545 bits per heavy atom. The van der Waals surface area contributed by atoms with Crippen molar-refractivity contribution >= 4 is 76.2 Å². The number of hydrogen-bond acceptors (Lipinski definition) is 12. The van der Waals surface area contributed by atoms with E-state index in [2.05, 4.69) is 10.3 Å². The highest BCUT2D eigenvalue weighted by Gasteiger charge is 2.36. The maximum atomic E-state index is 13.2. The topological polar surface area (TPSA) is 417 Å². The number of carbonyl (C=O) groups excluding carboxylic acids is 6. The number of aliphatic carboxylic acids is 5. The third-order valence-corrected chi connectivity index (χ3v) is 7.52. The summed E-state index contributed by atoms with van der Waals surface area (Å²) < 4.78 is 0. The Labute approximate surface area is 308 Å². The number of nitrogens with two attached hydrogens (primary N) is 2. The summed E-state index contributed by atoms with van der Waals surface area (Å²) in [4.78, 5) is 137. The van der Waals surface area contributed by atoms with Crippen molar-refractivity contribution in [2.75, 3.05) is 0 Å². The van der Waals surface area contributed by atoms with E-state index < -0.39 is 134 Å². The molecule has 0 aliphatic heterocycles. The Morgan fingerprint density at radius 2 is 0.909 bits per heavy atom. The predicted octanol–water partition coefficient (Wildman–Crippen LogP) is -4.68. The molecule has 2 aromatic rings. The summed E-state index contributed by atoms with van der Waals surface area (Å²) in [6, 6.07) is -4.74. The van der Waals surface area contributed by atoms with Crippen molar-refractivity contribution in [3.05, 3.63) is 36.0 Å². The molecule has 24 nitrogen and oxygen atoms in total. The maximum Gasteiger partial charge on any atom is 0.326 e. The smallest absolute Gasteiger partial charge is 0.326 e. The van der Waals surface area contributed by atoms with E-state index in [0.29, 0.717) is 5.56 Å². The van der Waals surface area contributed by atoms with Crippen molar-refractivity contribution < 1.29 is 78.3 Å². The van der Waals surface area contributed by atoms with Crippen LogP contribution in [0.4, 0.5) is 0 Å². The number of carbonyl (C=O) groups is 11. The summed E-state index contributed by atoms with van der Waals surface area (Å²) in [6.45, 7) is 0. The third-order valence-electron chi connectivity index (χ3n) is 7.52. The summed E-state index contributed by atoms with van der Waals surface area (Å²) in [7, 11) is 0. The summed E-state index contributed by atoms with van der Waals surface area (Å²) in [5.41, 5.74) is 12.3. The van der Waals surface area contributed by atoms with Gasteiger partial charge in [0.1, 0.15) is 30.2 Å². The Morgan fingerprint density at radius 3 is 1.27 bits per heavy atom. The highest BCUT2D eigenvalue weighted by Crippen LogP contribution is 2.19. The van der Waals surface area contributed by atoms with Gasteiger partial charge in [-0.05, 0) is 18.1 Å². The van der Waals surface area contributed by atoms with Crippen LogP contribution in [0.5, 0.6) is 0 Å². The van der Waals surface area contributed by atoms with E-state index in [-0.39, 0.29) is 6.42 Å². The summed E-state index contributed by atoms with van der Waals surface area (Å²) in [5, 5.41) is 56.9. The van der Waals surface area contributed by atoms with Crippen molar-refractivity contribution in [3.63, 3.8) is 0 Å². The molecule has 1 aromatic heterocycles. The molecule has 0 saturated heterocycles. The average molecular weight is 779 g/mol. The molecule has 1 aromatic carbocycles. The SMILES string of the molecule is NC(=O)C[C@H](NC(=O)[C@H](CC(=O)O)NC(=O)[C@H](CC(=O)O)NC(=O)[C@H](CC(=O)O)NC(=O)[C@H](CC(=O)O)NC(=O)[C@@H](N)Cc1c[nH]c2ccccc12)C(=O)O. The lowest BCUT2D eigenvalue weighted by molar-refractivity contribution is -0.146. The zero-order chi connectivity index (χ0) is 41.6. The first-order valence-corrected chi connectivity index (χ1v) is 15.9. The number of benzene rings is 1. The van der Waals surface area contributed by atoms with Crippen LogP contribution in [0.3, 0.4) is 0 Å². The van der Waals surface area contributed by atoms with Gasteiger partial charge in [-0.3, -0.25) is 47.9 Å². The Kier molecular flexibility index (Phi) is 16.2. The maximum absolute atomic E-state index is 13.2. The molecule has 0 spiro atoms. The van der Waals surface area contributed by atoms with Gasteiger partial charge < -0.3 is 68.6 Å². The Bertz CT molecular complexity index is 1840. The molecule has 2 rings (SSSR count). The Balaban J connectivity index is 2.26. The molecule has 0 saturated carbocycles. The molecule has 0 bridgehead atoms. The number of H-pyrrole nitrogens is 1. The molecule has 0 unspecified atom stereocenters. The summed E-state index contributed by atoms with van der Waals surface area (Å²) >= 11 is 0. The minimum Gasteiger partial charge on any atom is -0.481 e. The van der Waals surface area contributed by atoms with Crippen molar-refractivity contribution in [1.82, 2.24) is 31.6 Å².